The van der Waals surface area contributed by atoms with Gasteiger partial charge < -0.3 is 76.7 Å². The number of hydrogen-bond donors (Lipinski definition) is 8. The van der Waals surface area contributed by atoms with E-state index in [0.717, 1.165) is 44.9 Å². The maximum Gasteiger partial charge on any atom is 1.00 e. The van der Waals surface area contributed by atoms with Crippen LogP contribution in [0.1, 0.15) is 73.9 Å². The molecule has 0 saturated carbocycles. The van der Waals surface area contributed by atoms with Crippen LogP contribution in [0, 0.1) is 10.1 Å². The Balaban J connectivity index is 0.000000628. The number of methoxy groups -OCH3 is 7. The Morgan fingerprint density at radius 3 is 1.19 bits per heavy atom. The van der Waals surface area contributed by atoms with Gasteiger partial charge in [0, 0.05) is 79.4 Å². The third-order valence-electron chi connectivity index (χ3n) is 12.1. The maximum atomic E-state index is 12.5. The zero-order chi connectivity index (χ0) is 69.4. The number of thioether (sulfide) groups is 1. The summed E-state index contributed by atoms with van der Waals surface area (Å²) in [6.45, 7) is 1.44. The number of nitro groups is 1. The van der Waals surface area contributed by atoms with Crippen molar-refractivity contribution < 1.29 is 112 Å². The number of rotatable bonds is 24. The Labute approximate surface area is 606 Å². The summed E-state index contributed by atoms with van der Waals surface area (Å²) in [5, 5.41) is 54.7. The van der Waals surface area contributed by atoms with Gasteiger partial charge in [-0.05, 0) is 115 Å². The quantitative estimate of drug-likeness (QED) is 0.00707. The molecular weight excluding hydrogens is 1400 g/mol. The van der Waals surface area contributed by atoms with E-state index in [2.05, 4.69) is 16.0 Å². The summed E-state index contributed by atoms with van der Waals surface area (Å²) >= 11 is 13.0. The predicted octanol–water partition coefficient (Wildman–Crippen LogP) is 8.08. The summed E-state index contributed by atoms with van der Waals surface area (Å²) in [5.74, 6) is 0.0217. The number of nitrogens with zero attached hydrogens (tertiary/aromatic N) is 1. The number of nitrogens with one attached hydrogen (secondary N) is 3. The van der Waals surface area contributed by atoms with Crippen molar-refractivity contribution in [2.45, 2.75) is 24.5 Å². The van der Waals surface area contributed by atoms with E-state index in [4.69, 9.17) is 72.3 Å². The number of nitro benzene ring substituents is 1. The van der Waals surface area contributed by atoms with Gasteiger partial charge in [-0.1, -0.05) is 43.2 Å². The fourth-order valence-corrected chi connectivity index (χ4v) is 13.1. The number of carboxylic acid groups (broad SMARTS) is 4. The summed E-state index contributed by atoms with van der Waals surface area (Å²) in [6.07, 6.45) is 0. The number of halogens is 2. The number of nitrogen functional groups attached to an aromatic ring is 1. The second kappa shape index (κ2) is 44.0. The second-order valence-electron chi connectivity index (χ2n) is 18.0. The Bertz CT molecular complexity index is 3700. The Morgan fingerprint density at radius 1 is 0.521 bits per heavy atom. The molecule has 0 atom stereocenters. The number of alkyl halides is 2. The Kier molecular flexibility index (Phi) is 38.6. The number of aromatic carboxylic acids is 4. The fourth-order valence-electron chi connectivity index (χ4n) is 7.40. The molecule has 8 rings (SSSR count). The number of hydrogen-bond acceptors (Lipinski definition) is 22. The number of carbonyl (C=O) groups is 7. The van der Waals surface area contributed by atoms with Crippen molar-refractivity contribution in [1.82, 2.24) is 16.0 Å². The number of amides is 3. The van der Waals surface area contributed by atoms with E-state index >= 15 is 0 Å². The van der Waals surface area contributed by atoms with Crippen LogP contribution in [-0.4, -0.2) is 171 Å². The molecule has 96 heavy (non-hydrogen) atoms. The molecule has 508 valence electrons. The van der Waals surface area contributed by atoms with Crippen LogP contribution in [0.2, 0.25) is 0 Å². The second-order valence-corrected chi connectivity index (χ2v) is 24.3. The van der Waals surface area contributed by atoms with Crippen LogP contribution in [0.15, 0.2) is 152 Å². The van der Waals surface area contributed by atoms with Crippen molar-refractivity contribution in [3.05, 3.63) is 176 Å². The minimum absolute atomic E-state index is 0. The molecule has 0 unspecified atom stereocenters. The standard InChI is InChI=1S/C20H22Cl2N2O4S2.C16H14O6S2.C10H11NO2S.C8H7NO5.C8H9NO3.Al.Li.4H/c1-27-13-3-5-17(15(11-13)19(25)23-9-7-21)29-30-18-6-4-14(28-2)12-16(18)20(26)24-10-8-22;1-21-9-3-5-13(11(7-9)15(17)18)23-24-14-6-4-10(22-2)8-12(14)16(19)20;1-13-7-2-3-9-8(6-7)10(12)11-4-5-14-9;1-14-5-2-3-7(9(12)13)6(4-5)8(10)11;1-12-5-2-3-7(9)6(4-5)8(10)11;;;;;;/h3-6,11-12H,7-10H2,1-2H3,(H,23,25)(H,24,26);3-8H,1-2H3,(H,17,18)(H,19,20);2-3,6H,4-5H2,1H3,(H,11,12);2-4H,1H3,(H,10,11);2-4H,9H2,1H3,(H,10,11);;;;;;/q;;;;;;+1;;;;-1. The number of fused-ring (bicyclic) bond motifs is 1. The third kappa shape index (κ3) is 26.3. The predicted molar refractivity (Wildman–Crippen MR) is 374 cm³/mol. The molecule has 7 aromatic carbocycles. The molecule has 0 radical (unpaired) electrons. The molecule has 1 aliphatic heterocycles. The van der Waals surface area contributed by atoms with Gasteiger partial charge in [0.05, 0.1) is 88.1 Å². The molecule has 0 bridgehead atoms. The average Bonchev–Trinajstić information content (AvgIpc) is 1.06. The molecule has 0 saturated heterocycles. The van der Waals surface area contributed by atoms with Crippen molar-refractivity contribution >= 4 is 148 Å². The van der Waals surface area contributed by atoms with Crippen LogP contribution in [-0.2, 0) is 0 Å². The number of nitrogens with two attached hydrogens (primary N) is 1. The van der Waals surface area contributed by atoms with Crippen molar-refractivity contribution in [3.8, 4) is 40.2 Å². The van der Waals surface area contributed by atoms with Crippen molar-refractivity contribution in [1.29, 1.82) is 0 Å². The minimum Gasteiger partial charge on any atom is -1.00 e. The average molecular weight is 1470 g/mol. The van der Waals surface area contributed by atoms with Gasteiger partial charge in [0.2, 0.25) is 0 Å². The van der Waals surface area contributed by atoms with Gasteiger partial charge in [0.25, 0.3) is 23.4 Å². The summed E-state index contributed by atoms with van der Waals surface area (Å²) in [6, 6.07) is 33.6. The normalized spacial score (nSPS) is 10.6. The zero-order valence-corrected chi connectivity index (χ0v) is 57.6. The molecule has 25 nitrogen and oxygen atoms in total. The Hall–Kier alpha value is -7.91. The smallest absolute Gasteiger partial charge is 1.00 e. The number of carbonyl (C=O) groups excluding carboxylic acids is 3. The van der Waals surface area contributed by atoms with Crippen molar-refractivity contribution in [3.63, 3.8) is 0 Å². The largest absolute Gasteiger partial charge is 1.00 e. The topological polar surface area (TPSA) is 370 Å². The van der Waals surface area contributed by atoms with E-state index in [1.807, 2.05) is 24.3 Å². The third-order valence-corrected chi connectivity index (χ3v) is 18.5. The molecule has 0 aliphatic carbocycles. The van der Waals surface area contributed by atoms with Gasteiger partial charge in [-0.3, -0.25) is 24.5 Å². The maximum absolute atomic E-state index is 12.5. The van der Waals surface area contributed by atoms with E-state index in [-0.39, 0.29) is 89.1 Å². The molecule has 0 spiro atoms. The summed E-state index contributed by atoms with van der Waals surface area (Å²) in [4.78, 5) is 93.8. The first kappa shape index (κ1) is 84.2. The molecular formula is C62H67AlCl2LiN5O20S5. The van der Waals surface area contributed by atoms with Crippen LogP contribution in [0.5, 0.6) is 40.2 Å². The summed E-state index contributed by atoms with van der Waals surface area (Å²) in [7, 11) is 15.5. The zero-order valence-electron chi connectivity index (χ0n) is 53.0. The van der Waals surface area contributed by atoms with E-state index in [0.29, 0.717) is 80.1 Å². The van der Waals surface area contributed by atoms with Gasteiger partial charge in [-0.25, -0.2) is 19.2 Å². The monoisotopic (exact) mass is 1470 g/mol. The van der Waals surface area contributed by atoms with Gasteiger partial charge in [-0.15, -0.1) is 35.0 Å². The Morgan fingerprint density at radius 2 is 0.833 bits per heavy atom. The molecule has 1 aliphatic rings. The number of benzene rings is 7. The first-order valence-electron chi connectivity index (χ1n) is 26.9. The van der Waals surface area contributed by atoms with Gasteiger partial charge >= 0.3 is 42.7 Å². The molecule has 7 aromatic rings. The first-order valence-corrected chi connectivity index (χ1v) is 33.2. The minimum atomic E-state index is -1.35. The van der Waals surface area contributed by atoms with Crippen LogP contribution in [0.3, 0.4) is 0 Å². The number of carboxylic acids is 4. The number of ether oxygens (including phenoxy) is 7. The van der Waals surface area contributed by atoms with Gasteiger partial charge in [-0.2, -0.15) is 0 Å². The molecule has 0 fully saturated rings. The van der Waals surface area contributed by atoms with Crippen LogP contribution < -0.4 is 73.7 Å². The van der Waals surface area contributed by atoms with E-state index in [1.165, 1.54) is 102 Å². The van der Waals surface area contributed by atoms with Gasteiger partial charge in [0.1, 0.15) is 45.8 Å². The molecule has 34 heteroatoms. The fraction of sp³-hybridized carbons (Fsp3) is 0.210. The van der Waals surface area contributed by atoms with E-state index in [9.17, 15) is 53.9 Å². The van der Waals surface area contributed by atoms with E-state index < -0.39 is 34.5 Å². The van der Waals surface area contributed by atoms with Gasteiger partial charge in [0.15, 0.2) is 17.4 Å². The number of anilines is 1. The van der Waals surface area contributed by atoms with Crippen LogP contribution in [0.25, 0.3) is 0 Å². The van der Waals surface area contributed by atoms with E-state index in [1.54, 1.807) is 93.8 Å². The van der Waals surface area contributed by atoms with Crippen LogP contribution >= 0.6 is 78.1 Å². The summed E-state index contributed by atoms with van der Waals surface area (Å²) < 4.78 is 35.2. The molecule has 9 N–H and O–H groups in total. The van der Waals surface area contributed by atoms with Crippen molar-refractivity contribution in [2.24, 2.45) is 0 Å². The summed E-state index contributed by atoms with van der Waals surface area (Å²) in [5.41, 5.74) is 6.73. The molecule has 0 aromatic heterocycles. The van der Waals surface area contributed by atoms with Crippen LogP contribution in [0.4, 0.5) is 11.4 Å². The first-order chi connectivity index (χ1) is 45.0. The molecule has 1 heterocycles. The molecule has 3 amide bonds. The SMILES string of the molecule is COc1ccc(N)c(C(=O)O)c1.COc1ccc(SSc2ccc(OC)cc2C(=O)NCCCl)c(C(=O)NCCCl)c1.COc1ccc(SSc2ccc(OC)cc2C(=O)O)c(C(=O)O)c1.COc1ccc([N+](=O)[O-])c(C(=O)O)c1.COc1ccc2c(c1)C(=O)NCCS2.[AlH3].[H-].[Li+]. The van der Waals surface area contributed by atoms with Crippen molar-refractivity contribution in [2.75, 3.05) is 92.6 Å².